The Kier molecular flexibility index (Phi) is 5.05. The summed E-state index contributed by atoms with van der Waals surface area (Å²) in [5.74, 6) is -2.02. The van der Waals surface area contributed by atoms with Crippen LogP contribution in [0, 0.1) is 17.0 Å². The number of nitrogens with zero attached hydrogens (tertiary/aromatic N) is 2. The van der Waals surface area contributed by atoms with E-state index < -0.39 is 17.2 Å². The Bertz CT molecular complexity index is 1440. The Hall–Kier alpha value is -3.52. The van der Waals surface area contributed by atoms with E-state index in [1.165, 1.54) is 12.1 Å². The van der Waals surface area contributed by atoms with Gasteiger partial charge in [-0.1, -0.05) is 24.3 Å². The molecule has 1 aliphatic rings. The quantitative estimate of drug-likeness (QED) is 0.453. The van der Waals surface area contributed by atoms with Crippen LogP contribution in [0.25, 0.3) is 32.8 Å². The molecule has 0 unspecified atom stereocenters. The number of H-pyrrole nitrogens is 1. The van der Waals surface area contributed by atoms with E-state index in [2.05, 4.69) is 14.9 Å². The van der Waals surface area contributed by atoms with Gasteiger partial charge in [0.25, 0.3) is 11.6 Å². The van der Waals surface area contributed by atoms with Crippen molar-refractivity contribution < 1.29 is 18.6 Å². The molecule has 0 radical (unpaired) electrons. The molecular formula is C25H23F2N3O3. The summed E-state index contributed by atoms with van der Waals surface area (Å²) in [4.78, 5) is 21.3. The van der Waals surface area contributed by atoms with E-state index in [1.807, 2.05) is 14.1 Å². The minimum atomic E-state index is -0.980. The third kappa shape index (κ3) is 3.91. The van der Waals surface area contributed by atoms with Crippen LogP contribution in [0.1, 0.15) is 12.8 Å². The van der Waals surface area contributed by atoms with E-state index in [9.17, 15) is 9.90 Å². The predicted molar refractivity (Wildman–Crippen MR) is 123 cm³/mol. The van der Waals surface area contributed by atoms with Crippen LogP contribution in [-0.2, 0) is 0 Å². The molecule has 4 aromatic rings. The fraction of sp³-hybridized carbons (Fsp3) is 0.280. The van der Waals surface area contributed by atoms with E-state index in [-0.39, 0.29) is 39.2 Å². The summed E-state index contributed by atoms with van der Waals surface area (Å²) in [6.45, 7) is 1.17. The highest BCUT2D eigenvalue weighted by molar-refractivity contribution is 6.00. The molecule has 1 fully saturated rings. The first-order valence-corrected chi connectivity index (χ1v) is 10.7. The lowest BCUT2D eigenvalue weighted by Gasteiger charge is -2.20. The fourth-order valence-corrected chi connectivity index (χ4v) is 4.42. The molecule has 1 aliphatic carbocycles. The second-order valence-corrected chi connectivity index (χ2v) is 9.06. The number of aromatic nitrogens is 2. The van der Waals surface area contributed by atoms with Crippen LogP contribution in [0.5, 0.6) is 11.8 Å². The summed E-state index contributed by atoms with van der Waals surface area (Å²) < 4.78 is 36.5. The lowest BCUT2D eigenvalue weighted by atomic mass is 9.96. The van der Waals surface area contributed by atoms with Gasteiger partial charge in [0.1, 0.15) is 17.1 Å². The highest BCUT2D eigenvalue weighted by Crippen LogP contribution is 2.46. The highest BCUT2D eigenvalue weighted by atomic mass is 19.1. The summed E-state index contributed by atoms with van der Waals surface area (Å²) >= 11 is 0. The van der Waals surface area contributed by atoms with E-state index in [0.717, 1.165) is 25.5 Å². The van der Waals surface area contributed by atoms with E-state index in [0.29, 0.717) is 17.4 Å². The van der Waals surface area contributed by atoms with Crippen molar-refractivity contribution in [3.63, 3.8) is 0 Å². The molecule has 1 saturated carbocycles. The number of fused-ring (bicyclic) bond motifs is 2. The Morgan fingerprint density at radius 1 is 1.15 bits per heavy atom. The van der Waals surface area contributed by atoms with Gasteiger partial charge in [0.05, 0.1) is 17.6 Å². The van der Waals surface area contributed by atoms with Crippen molar-refractivity contribution in [2.45, 2.75) is 12.8 Å². The van der Waals surface area contributed by atoms with Gasteiger partial charge in [-0.2, -0.15) is 4.98 Å². The molecule has 0 atom stereocenters. The van der Waals surface area contributed by atoms with Crippen molar-refractivity contribution in [2.24, 2.45) is 5.41 Å². The lowest BCUT2D eigenvalue weighted by molar-refractivity contribution is 0.183. The summed E-state index contributed by atoms with van der Waals surface area (Å²) in [5.41, 5.74) is -1.16. The number of benzene rings is 3. The van der Waals surface area contributed by atoms with Crippen LogP contribution in [-0.4, -0.2) is 47.2 Å². The molecule has 33 heavy (non-hydrogen) atoms. The van der Waals surface area contributed by atoms with Gasteiger partial charge in [0.15, 0.2) is 5.82 Å². The highest BCUT2D eigenvalue weighted by Gasteiger charge is 2.44. The molecule has 1 heterocycles. The minimum Gasteiger partial charge on any atom is -0.508 e. The van der Waals surface area contributed by atoms with Crippen LogP contribution >= 0.6 is 0 Å². The predicted octanol–water partition coefficient (Wildman–Crippen LogP) is 4.45. The first-order chi connectivity index (χ1) is 15.8. The standard InChI is InChI=1S/C25H23F2N3O3/c1-30(2)12-25(7-8-25)13-33-24-28-22-18(23(32)29-24)11-19(26)20(21(22)27)17-10-15(31)9-14-5-3-4-6-16(14)17/h3-6,9-11,31H,7-8,12-13H2,1-2H3,(H,28,29,32). The van der Waals surface area contributed by atoms with Crippen LogP contribution in [0.3, 0.4) is 0 Å². The molecule has 3 aromatic carbocycles. The van der Waals surface area contributed by atoms with E-state index in [4.69, 9.17) is 4.74 Å². The molecule has 0 aliphatic heterocycles. The molecule has 170 valence electrons. The zero-order valence-corrected chi connectivity index (χ0v) is 18.3. The number of aromatic hydroxyl groups is 1. The van der Waals surface area contributed by atoms with Gasteiger partial charge < -0.3 is 14.7 Å². The second kappa shape index (κ2) is 7.81. The molecule has 0 spiro atoms. The van der Waals surface area contributed by atoms with Gasteiger partial charge in [0.2, 0.25) is 0 Å². The third-order valence-electron chi connectivity index (χ3n) is 6.11. The zero-order chi connectivity index (χ0) is 23.3. The maximum Gasteiger partial charge on any atom is 0.297 e. The average Bonchev–Trinajstić information content (AvgIpc) is 3.52. The number of ether oxygens (including phenoxy) is 1. The van der Waals surface area contributed by atoms with Crippen molar-refractivity contribution in [1.29, 1.82) is 0 Å². The number of phenolic OH excluding ortho intramolecular Hbond substituents is 1. The zero-order valence-electron chi connectivity index (χ0n) is 18.3. The largest absolute Gasteiger partial charge is 0.508 e. The molecule has 8 heteroatoms. The van der Waals surface area contributed by atoms with Crippen molar-refractivity contribution in [3.8, 4) is 22.9 Å². The van der Waals surface area contributed by atoms with Crippen molar-refractivity contribution in [3.05, 3.63) is 64.5 Å². The number of rotatable bonds is 6. The SMILES string of the molecule is CN(C)CC1(COc2nc3c(F)c(-c4cc(O)cc5ccccc45)c(F)cc3c(=O)[nH]2)CC1. The van der Waals surface area contributed by atoms with Crippen LogP contribution in [0.2, 0.25) is 0 Å². The monoisotopic (exact) mass is 451 g/mol. The Morgan fingerprint density at radius 3 is 2.64 bits per heavy atom. The molecule has 5 rings (SSSR count). The fourth-order valence-electron chi connectivity index (χ4n) is 4.42. The van der Waals surface area contributed by atoms with Crippen molar-refractivity contribution in [1.82, 2.24) is 14.9 Å². The minimum absolute atomic E-state index is 0.00991. The van der Waals surface area contributed by atoms with Gasteiger partial charge in [0, 0.05) is 12.0 Å². The number of hydrogen-bond acceptors (Lipinski definition) is 5. The van der Waals surface area contributed by atoms with Crippen molar-refractivity contribution in [2.75, 3.05) is 27.2 Å². The van der Waals surface area contributed by atoms with Gasteiger partial charge in [-0.05, 0) is 61.5 Å². The summed E-state index contributed by atoms with van der Waals surface area (Å²) in [6.07, 6.45) is 1.99. The molecule has 0 saturated heterocycles. The molecule has 6 nitrogen and oxygen atoms in total. The van der Waals surface area contributed by atoms with Gasteiger partial charge in [-0.15, -0.1) is 0 Å². The maximum absolute atomic E-state index is 15.7. The van der Waals surface area contributed by atoms with E-state index >= 15 is 8.78 Å². The number of nitrogens with one attached hydrogen (secondary N) is 1. The van der Waals surface area contributed by atoms with Gasteiger partial charge >= 0.3 is 0 Å². The third-order valence-corrected chi connectivity index (χ3v) is 6.11. The second-order valence-electron chi connectivity index (χ2n) is 9.06. The maximum atomic E-state index is 15.7. The summed E-state index contributed by atoms with van der Waals surface area (Å²) in [7, 11) is 3.96. The molecular weight excluding hydrogens is 428 g/mol. The van der Waals surface area contributed by atoms with Crippen LogP contribution < -0.4 is 10.3 Å². The number of halogens is 2. The van der Waals surface area contributed by atoms with Crippen LogP contribution in [0.15, 0.2) is 47.3 Å². The first-order valence-electron chi connectivity index (χ1n) is 10.7. The topological polar surface area (TPSA) is 78.5 Å². The number of aromatic amines is 1. The summed E-state index contributed by atoms with van der Waals surface area (Å²) in [5, 5.41) is 11.1. The Balaban J connectivity index is 1.62. The normalized spacial score (nSPS) is 14.8. The van der Waals surface area contributed by atoms with E-state index in [1.54, 1.807) is 24.3 Å². The van der Waals surface area contributed by atoms with Crippen LogP contribution in [0.4, 0.5) is 8.78 Å². The first kappa shape index (κ1) is 21.3. The lowest BCUT2D eigenvalue weighted by Crippen LogP contribution is -2.28. The smallest absolute Gasteiger partial charge is 0.297 e. The molecule has 1 aromatic heterocycles. The average molecular weight is 451 g/mol. The Labute approximate surface area is 188 Å². The number of phenols is 1. The Morgan fingerprint density at radius 2 is 1.91 bits per heavy atom. The van der Waals surface area contributed by atoms with Gasteiger partial charge in [-0.3, -0.25) is 9.78 Å². The summed E-state index contributed by atoms with van der Waals surface area (Å²) in [6, 6.07) is 10.7. The number of hydrogen-bond donors (Lipinski definition) is 2. The van der Waals surface area contributed by atoms with Gasteiger partial charge in [-0.25, -0.2) is 8.78 Å². The molecule has 0 bridgehead atoms. The molecule has 0 amide bonds. The van der Waals surface area contributed by atoms with Crippen molar-refractivity contribution >= 4 is 21.7 Å². The molecule has 2 N–H and O–H groups in total.